The molecule has 0 unspecified atom stereocenters. The van der Waals surface area contributed by atoms with Crippen LogP contribution >= 0.6 is 0 Å². The van der Waals surface area contributed by atoms with Gasteiger partial charge in [-0.05, 0) is 86.1 Å². The first-order valence-electron chi connectivity index (χ1n) is 17.0. The lowest BCUT2D eigenvalue weighted by Crippen LogP contribution is -2.16. The highest BCUT2D eigenvalue weighted by Crippen LogP contribution is 2.56. The summed E-state index contributed by atoms with van der Waals surface area (Å²) in [6, 6.07) is 56.9. The van der Waals surface area contributed by atoms with E-state index in [9.17, 15) is 0 Å². The fourth-order valence-corrected chi connectivity index (χ4v) is 7.48. The SMILES string of the molecule is [2H]C(C)(C)c1cccc(N(c2ccc(-c3ccccc3-c3ccccc3)cc2)c2c3c(cc4ccccc24)C(C)(C)c2ccccc2-3)c1. The number of fused-ring (bicyclic) bond motifs is 4. The molecule has 0 fully saturated rings. The lowest BCUT2D eigenvalue weighted by Gasteiger charge is -2.31. The summed E-state index contributed by atoms with van der Waals surface area (Å²) >= 11 is 0. The predicted octanol–water partition coefficient (Wildman–Crippen LogP) is 13.1. The zero-order valence-electron chi connectivity index (χ0n) is 28.5. The van der Waals surface area contributed by atoms with E-state index in [1.54, 1.807) is 0 Å². The fourth-order valence-electron chi connectivity index (χ4n) is 7.48. The van der Waals surface area contributed by atoms with E-state index in [-0.39, 0.29) is 5.41 Å². The molecular formula is C46H39N. The molecule has 1 aliphatic rings. The lowest BCUT2D eigenvalue weighted by molar-refractivity contribution is 0.661. The number of anilines is 3. The van der Waals surface area contributed by atoms with Crippen molar-refractivity contribution in [1.29, 1.82) is 0 Å². The van der Waals surface area contributed by atoms with Gasteiger partial charge in [0.15, 0.2) is 0 Å². The first-order valence-corrected chi connectivity index (χ1v) is 16.5. The van der Waals surface area contributed by atoms with Crippen LogP contribution in [0, 0.1) is 0 Å². The van der Waals surface area contributed by atoms with E-state index in [1.165, 1.54) is 61.0 Å². The van der Waals surface area contributed by atoms with Crippen LogP contribution in [0.3, 0.4) is 0 Å². The van der Waals surface area contributed by atoms with Crippen molar-refractivity contribution in [3.63, 3.8) is 0 Å². The fraction of sp³-hybridized carbons (Fsp3) is 0.130. The molecule has 1 nitrogen and oxygen atoms in total. The summed E-state index contributed by atoms with van der Waals surface area (Å²) in [6.45, 7) is 8.62. The summed E-state index contributed by atoms with van der Waals surface area (Å²) in [7, 11) is 0. The topological polar surface area (TPSA) is 3.24 Å². The summed E-state index contributed by atoms with van der Waals surface area (Å²) in [4.78, 5) is 2.43. The Morgan fingerprint density at radius 1 is 0.532 bits per heavy atom. The zero-order chi connectivity index (χ0) is 33.0. The Hall–Kier alpha value is -5.40. The summed E-state index contributed by atoms with van der Waals surface area (Å²) in [5.74, 6) is -0.734. The minimum Gasteiger partial charge on any atom is -0.309 e. The van der Waals surface area contributed by atoms with Crippen molar-refractivity contribution in [3.05, 3.63) is 174 Å². The molecular weight excluding hydrogens is 567 g/mol. The van der Waals surface area contributed by atoms with Crippen LogP contribution in [0.1, 0.15) is 51.7 Å². The molecule has 0 radical (unpaired) electrons. The van der Waals surface area contributed by atoms with Gasteiger partial charge in [-0.1, -0.05) is 155 Å². The second-order valence-electron chi connectivity index (χ2n) is 13.4. The van der Waals surface area contributed by atoms with Gasteiger partial charge in [0.1, 0.15) is 0 Å². The second-order valence-corrected chi connectivity index (χ2v) is 13.4. The quantitative estimate of drug-likeness (QED) is 0.182. The van der Waals surface area contributed by atoms with Gasteiger partial charge in [0.05, 0.1) is 5.69 Å². The molecule has 0 spiro atoms. The van der Waals surface area contributed by atoms with Gasteiger partial charge in [0.25, 0.3) is 0 Å². The van der Waals surface area contributed by atoms with Crippen LogP contribution in [-0.2, 0) is 5.41 Å². The highest BCUT2D eigenvalue weighted by Gasteiger charge is 2.39. The number of nitrogens with zero attached hydrogens (tertiary/aromatic N) is 1. The second kappa shape index (κ2) is 11.4. The molecule has 8 rings (SSSR count). The van der Waals surface area contributed by atoms with Crippen molar-refractivity contribution in [2.75, 3.05) is 4.90 Å². The monoisotopic (exact) mass is 606 g/mol. The van der Waals surface area contributed by atoms with Crippen molar-refractivity contribution in [1.82, 2.24) is 0 Å². The van der Waals surface area contributed by atoms with Crippen LogP contribution in [0.25, 0.3) is 44.2 Å². The van der Waals surface area contributed by atoms with Crippen LogP contribution in [-0.4, -0.2) is 0 Å². The summed E-state index contributed by atoms with van der Waals surface area (Å²) in [5.41, 5.74) is 14.2. The Kier molecular flexibility index (Phi) is 6.78. The number of hydrogen-bond donors (Lipinski definition) is 0. The third-order valence-electron chi connectivity index (χ3n) is 9.92. The highest BCUT2D eigenvalue weighted by atomic mass is 15.1. The first-order chi connectivity index (χ1) is 23.2. The van der Waals surface area contributed by atoms with Gasteiger partial charge in [-0.25, -0.2) is 0 Å². The highest BCUT2D eigenvalue weighted by molar-refractivity contribution is 6.09. The lowest BCUT2D eigenvalue weighted by atomic mass is 9.81. The third kappa shape index (κ3) is 4.86. The number of hydrogen-bond acceptors (Lipinski definition) is 1. The van der Waals surface area contributed by atoms with E-state index in [1.807, 2.05) is 13.8 Å². The van der Waals surface area contributed by atoms with E-state index in [0.717, 1.165) is 16.9 Å². The van der Waals surface area contributed by atoms with Crippen molar-refractivity contribution in [2.24, 2.45) is 0 Å². The molecule has 1 heteroatoms. The maximum atomic E-state index is 8.92. The Morgan fingerprint density at radius 2 is 1.15 bits per heavy atom. The minimum atomic E-state index is -0.734. The molecule has 1 aliphatic carbocycles. The van der Waals surface area contributed by atoms with Crippen LogP contribution in [0.2, 0.25) is 0 Å². The van der Waals surface area contributed by atoms with Crippen LogP contribution in [0.15, 0.2) is 158 Å². The Balaban J connectivity index is 1.39. The van der Waals surface area contributed by atoms with E-state index in [0.29, 0.717) is 0 Å². The molecule has 7 aromatic rings. The molecule has 0 N–H and O–H groups in total. The molecule has 0 aromatic heterocycles. The maximum absolute atomic E-state index is 8.92. The molecule has 0 heterocycles. The smallest absolute Gasteiger partial charge is 0.0621 e. The van der Waals surface area contributed by atoms with Gasteiger partial charge >= 0.3 is 0 Å². The Bertz CT molecular complexity index is 2290. The molecule has 47 heavy (non-hydrogen) atoms. The van der Waals surface area contributed by atoms with Gasteiger partial charge in [0.2, 0.25) is 0 Å². The Labute approximate surface area is 280 Å². The van der Waals surface area contributed by atoms with Crippen molar-refractivity contribution >= 4 is 27.8 Å². The van der Waals surface area contributed by atoms with E-state index in [2.05, 4.69) is 176 Å². The van der Waals surface area contributed by atoms with Gasteiger partial charge in [-0.2, -0.15) is 0 Å². The first kappa shape index (κ1) is 27.9. The average Bonchev–Trinajstić information content (AvgIpc) is 3.34. The molecule has 0 amide bonds. The molecule has 0 saturated carbocycles. The Morgan fingerprint density at radius 3 is 1.87 bits per heavy atom. The van der Waals surface area contributed by atoms with Crippen LogP contribution in [0.4, 0.5) is 17.1 Å². The van der Waals surface area contributed by atoms with Gasteiger partial charge in [0, 0.05) is 29.1 Å². The summed E-state index contributed by atoms with van der Waals surface area (Å²) < 4.78 is 8.92. The summed E-state index contributed by atoms with van der Waals surface area (Å²) in [5, 5.41) is 2.43. The standard InChI is InChI=1S/C46H39N/c1-31(2)34-18-14-19-37(29-34)47(36-27-25-33(26-28-36)39-21-11-10-20-38(39)32-15-6-5-7-16-32)45-40-22-9-8-17-35(40)30-43-44(45)41-23-12-13-24-42(41)46(43,3)4/h5-31H,1-4H3/i31D. The van der Waals surface area contributed by atoms with Crippen molar-refractivity contribution < 1.29 is 1.37 Å². The van der Waals surface area contributed by atoms with Crippen LogP contribution < -0.4 is 4.90 Å². The minimum absolute atomic E-state index is 0.146. The average molecular weight is 607 g/mol. The molecule has 7 aromatic carbocycles. The van der Waals surface area contributed by atoms with Crippen LogP contribution in [0.5, 0.6) is 0 Å². The van der Waals surface area contributed by atoms with Crippen molar-refractivity contribution in [3.8, 4) is 33.4 Å². The normalized spacial score (nSPS) is 13.6. The third-order valence-corrected chi connectivity index (χ3v) is 9.92. The molecule has 228 valence electrons. The van der Waals surface area contributed by atoms with E-state index in [4.69, 9.17) is 1.37 Å². The molecule has 0 aliphatic heterocycles. The maximum Gasteiger partial charge on any atom is 0.0621 e. The summed E-state index contributed by atoms with van der Waals surface area (Å²) in [6.07, 6.45) is 0. The van der Waals surface area contributed by atoms with E-state index >= 15 is 0 Å². The van der Waals surface area contributed by atoms with Gasteiger partial charge in [-0.3, -0.25) is 0 Å². The van der Waals surface area contributed by atoms with Crippen molar-refractivity contribution in [2.45, 2.75) is 39.0 Å². The number of rotatable bonds is 6. The van der Waals surface area contributed by atoms with Gasteiger partial charge < -0.3 is 4.90 Å². The molecule has 0 atom stereocenters. The number of benzene rings is 7. The predicted molar refractivity (Wildman–Crippen MR) is 201 cm³/mol. The zero-order valence-corrected chi connectivity index (χ0v) is 27.5. The molecule has 0 bridgehead atoms. The van der Waals surface area contributed by atoms with E-state index < -0.39 is 5.89 Å². The largest absolute Gasteiger partial charge is 0.309 e. The molecule has 0 saturated heterocycles. The van der Waals surface area contributed by atoms with Gasteiger partial charge in [-0.15, -0.1) is 0 Å².